The van der Waals surface area contributed by atoms with Gasteiger partial charge in [0.2, 0.25) is 15.9 Å². The van der Waals surface area contributed by atoms with Crippen molar-refractivity contribution < 1.29 is 17.7 Å². The Balaban J connectivity index is 1.32. The number of carbonyl (C=O) groups is 1. The molecule has 0 aromatic carbocycles. The van der Waals surface area contributed by atoms with Crippen LogP contribution in [0.4, 0.5) is 5.82 Å². The predicted molar refractivity (Wildman–Crippen MR) is 115 cm³/mol. The summed E-state index contributed by atoms with van der Waals surface area (Å²) >= 11 is 5.90. The second-order valence-corrected chi connectivity index (χ2v) is 10.3. The molecule has 1 amide bonds. The number of halogens is 1. The highest BCUT2D eigenvalue weighted by molar-refractivity contribution is 7.89. The minimum Gasteiger partial charge on any atom is -0.360 e. The first kappa shape index (κ1) is 22.0. The van der Waals surface area contributed by atoms with E-state index in [0.29, 0.717) is 68.6 Å². The molecule has 0 unspecified atom stereocenters. The molecule has 0 atom stereocenters. The highest BCUT2D eigenvalue weighted by Crippen LogP contribution is 2.28. The fraction of sp³-hybridized carbons (Fsp3) is 0.550. The monoisotopic (exact) mass is 467 g/mol. The topological polar surface area (TPSA) is 99.8 Å². The number of pyridine rings is 1. The van der Waals surface area contributed by atoms with Crippen molar-refractivity contribution in [2.75, 3.05) is 44.2 Å². The van der Waals surface area contributed by atoms with Gasteiger partial charge in [-0.05, 0) is 38.8 Å². The summed E-state index contributed by atoms with van der Waals surface area (Å²) in [6.07, 6.45) is 2.65. The highest BCUT2D eigenvalue weighted by atomic mass is 35.5. The van der Waals surface area contributed by atoms with Crippen molar-refractivity contribution in [3.8, 4) is 0 Å². The predicted octanol–water partition coefficient (Wildman–Crippen LogP) is 2.09. The van der Waals surface area contributed by atoms with E-state index in [1.54, 1.807) is 20.0 Å². The number of hydrogen-bond acceptors (Lipinski definition) is 7. The number of amides is 1. The normalized spacial score (nSPS) is 19.1. The number of piperazine rings is 1. The summed E-state index contributed by atoms with van der Waals surface area (Å²) < 4.78 is 32.4. The molecule has 0 bridgehead atoms. The van der Waals surface area contributed by atoms with Gasteiger partial charge in [-0.3, -0.25) is 4.79 Å². The van der Waals surface area contributed by atoms with Crippen LogP contribution in [-0.4, -0.2) is 72.9 Å². The molecule has 4 rings (SSSR count). The molecular weight excluding hydrogens is 442 g/mol. The molecule has 2 aliphatic rings. The van der Waals surface area contributed by atoms with Crippen molar-refractivity contribution >= 4 is 33.3 Å². The third-order valence-electron chi connectivity index (χ3n) is 6.00. The number of aryl methyl sites for hydroxylation is 2. The number of rotatable bonds is 4. The maximum atomic E-state index is 13.0. The van der Waals surface area contributed by atoms with Crippen LogP contribution in [0.1, 0.15) is 24.3 Å². The van der Waals surface area contributed by atoms with Crippen molar-refractivity contribution in [1.29, 1.82) is 0 Å². The summed E-state index contributed by atoms with van der Waals surface area (Å²) in [7, 11) is -3.67. The number of sulfonamides is 1. The van der Waals surface area contributed by atoms with Gasteiger partial charge in [-0.25, -0.2) is 13.4 Å². The van der Waals surface area contributed by atoms with Crippen LogP contribution in [0.15, 0.2) is 27.7 Å². The molecular formula is C20H26ClN5O4S. The maximum Gasteiger partial charge on any atom is 0.248 e. The third-order valence-corrected chi connectivity index (χ3v) is 8.36. The molecule has 2 aromatic heterocycles. The van der Waals surface area contributed by atoms with Gasteiger partial charge in [-0.2, -0.15) is 4.31 Å². The standard InChI is InChI=1S/C20H26ClN5O4S/c1-14-19(15(2)30-23-14)31(28,29)26-7-5-16(6-8-26)20(27)25-11-9-24(10-12-25)18-4-3-17(21)13-22-18/h3-4,13,16H,5-12H2,1-2H3. The van der Waals surface area contributed by atoms with Gasteiger partial charge >= 0.3 is 0 Å². The Labute approximate surface area is 187 Å². The Hall–Kier alpha value is -2.17. The summed E-state index contributed by atoms with van der Waals surface area (Å²) in [6, 6.07) is 3.70. The first-order valence-electron chi connectivity index (χ1n) is 10.4. The Kier molecular flexibility index (Phi) is 6.23. The molecule has 31 heavy (non-hydrogen) atoms. The van der Waals surface area contributed by atoms with Gasteiger partial charge < -0.3 is 14.3 Å². The number of aromatic nitrogens is 2. The van der Waals surface area contributed by atoms with E-state index < -0.39 is 10.0 Å². The SMILES string of the molecule is Cc1noc(C)c1S(=O)(=O)N1CCC(C(=O)N2CCN(c3ccc(Cl)cn3)CC2)CC1. The van der Waals surface area contributed by atoms with Gasteiger partial charge in [-0.1, -0.05) is 16.8 Å². The summed E-state index contributed by atoms with van der Waals surface area (Å²) in [5, 5.41) is 4.35. The molecule has 0 saturated carbocycles. The van der Waals surface area contributed by atoms with Crippen molar-refractivity contribution in [1.82, 2.24) is 19.3 Å². The van der Waals surface area contributed by atoms with Crippen LogP contribution >= 0.6 is 11.6 Å². The van der Waals surface area contributed by atoms with Crippen molar-refractivity contribution in [2.24, 2.45) is 5.92 Å². The number of piperidine rings is 1. The summed E-state index contributed by atoms with van der Waals surface area (Å²) in [5.74, 6) is 1.10. The lowest BCUT2D eigenvalue weighted by Gasteiger charge is -2.38. The van der Waals surface area contributed by atoms with Gasteiger partial charge in [0.15, 0.2) is 5.76 Å². The van der Waals surface area contributed by atoms with Gasteiger partial charge in [0.1, 0.15) is 16.4 Å². The maximum absolute atomic E-state index is 13.0. The third kappa shape index (κ3) is 4.42. The van der Waals surface area contributed by atoms with E-state index in [4.69, 9.17) is 16.1 Å². The summed E-state index contributed by atoms with van der Waals surface area (Å²) in [4.78, 5) is 21.5. The Morgan fingerprint density at radius 3 is 2.32 bits per heavy atom. The fourth-order valence-corrected chi connectivity index (χ4v) is 6.16. The molecule has 4 heterocycles. The van der Waals surface area contributed by atoms with Crippen LogP contribution in [0.3, 0.4) is 0 Å². The Morgan fingerprint density at radius 1 is 1.10 bits per heavy atom. The number of hydrogen-bond donors (Lipinski definition) is 0. The second kappa shape index (κ2) is 8.76. The minimum atomic E-state index is -3.67. The van der Waals surface area contributed by atoms with Gasteiger partial charge in [-0.15, -0.1) is 0 Å². The zero-order valence-electron chi connectivity index (χ0n) is 17.6. The highest BCUT2D eigenvalue weighted by Gasteiger charge is 2.37. The van der Waals surface area contributed by atoms with E-state index in [0.717, 1.165) is 5.82 Å². The van der Waals surface area contributed by atoms with E-state index in [2.05, 4.69) is 15.0 Å². The molecule has 11 heteroatoms. The quantitative estimate of drug-likeness (QED) is 0.678. The van der Waals surface area contributed by atoms with Gasteiger partial charge in [0, 0.05) is 51.4 Å². The van der Waals surface area contributed by atoms with Crippen LogP contribution in [0, 0.1) is 19.8 Å². The molecule has 0 N–H and O–H groups in total. The van der Waals surface area contributed by atoms with Crippen LogP contribution in [-0.2, 0) is 14.8 Å². The van der Waals surface area contributed by atoms with E-state index in [1.165, 1.54) is 4.31 Å². The fourth-order valence-electron chi connectivity index (χ4n) is 4.28. The Bertz CT molecular complexity index is 1020. The molecule has 2 aliphatic heterocycles. The lowest BCUT2D eigenvalue weighted by atomic mass is 9.96. The largest absolute Gasteiger partial charge is 0.360 e. The van der Waals surface area contributed by atoms with E-state index >= 15 is 0 Å². The molecule has 0 spiro atoms. The number of nitrogens with zero attached hydrogens (tertiary/aromatic N) is 5. The van der Waals surface area contributed by atoms with Crippen LogP contribution in [0.2, 0.25) is 5.02 Å². The molecule has 2 saturated heterocycles. The molecule has 168 valence electrons. The average molecular weight is 468 g/mol. The Morgan fingerprint density at radius 2 is 1.77 bits per heavy atom. The van der Waals surface area contributed by atoms with Crippen molar-refractivity contribution in [3.05, 3.63) is 34.8 Å². The lowest BCUT2D eigenvalue weighted by molar-refractivity contribution is -0.137. The molecule has 9 nitrogen and oxygen atoms in total. The molecule has 0 aliphatic carbocycles. The van der Waals surface area contributed by atoms with Crippen LogP contribution in [0.25, 0.3) is 0 Å². The molecule has 2 aromatic rings. The van der Waals surface area contributed by atoms with E-state index in [9.17, 15) is 13.2 Å². The van der Waals surface area contributed by atoms with Crippen molar-refractivity contribution in [3.63, 3.8) is 0 Å². The minimum absolute atomic E-state index is 0.109. The number of anilines is 1. The number of carbonyl (C=O) groups excluding carboxylic acids is 1. The van der Waals surface area contributed by atoms with E-state index in [-0.39, 0.29) is 16.7 Å². The zero-order valence-corrected chi connectivity index (χ0v) is 19.2. The molecule has 2 fully saturated rings. The van der Waals surface area contributed by atoms with Gasteiger partial charge in [0.25, 0.3) is 0 Å². The first-order valence-corrected chi connectivity index (χ1v) is 12.2. The average Bonchev–Trinajstić information content (AvgIpc) is 3.12. The smallest absolute Gasteiger partial charge is 0.248 e. The van der Waals surface area contributed by atoms with Crippen LogP contribution < -0.4 is 4.90 Å². The zero-order chi connectivity index (χ0) is 22.2. The van der Waals surface area contributed by atoms with Gasteiger partial charge in [0.05, 0.1) is 5.02 Å². The van der Waals surface area contributed by atoms with Crippen LogP contribution in [0.5, 0.6) is 0 Å². The lowest BCUT2D eigenvalue weighted by Crippen LogP contribution is -2.52. The first-order chi connectivity index (χ1) is 14.8. The van der Waals surface area contributed by atoms with Crippen molar-refractivity contribution in [2.45, 2.75) is 31.6 Å². The molecule has 0 radical (unpaired) electrons. The second-order valence-electron chi connectivity index (χ2n) is 7.98. The summed E-state index contributed by atoms with van der Waals surface area (Å²) in [6.45, 7) is 6.52. The summed E-state index contributed by atoms with van der Waals surface area (Å²) in [5.41, 5.74) is 0.365. The van der Waals surface area contributed by atoms with E-state index in [1.807, 2.05) is 17.0 Å².